The Labute approximate surface area is 245 Å². The summed E-state index contributed by atoms with van der Waals surface area (Å²) in [4.78, 5) is 12.2. The Hall–Kier alpha value is -0.540. The number of rotatable bonds is 28. The van der Waals surface area contributed by atoms with Gasteiger partial charge < -0.3 is 21.6 Å². The van der Waals surface area contributed by atoms with Gasteiger partial charge in [0.1, 0.15) is 6.54 Å². The molecule has 0 aromatic heterocycles. The Kier molecular flexibility index (Phi) is 29.2. The fourth-order valence-corrected chi connectivity index (χ4v) is 5.32. The second-order valence-electron chi connectivity index (χ2n) is 12.5. The summed E-state index contributed by atoms with van der Waals surface area (Å²) in [5.74, 6) is -0.221. The number of hydrogen-bond donors (Lipinski definition) is 0. The highest BCUT2D eigenvalue weighted by Crippen LogP contribution is 2.17. The van der Waals surface area contributed by atoms with Crippen LogP contribution in [0.3, 0.4) is 0 Å². The van der Waals surface area contributed by atoms with Gasteiger partial charge in [0.15, 0.2) is 6.10 Å². The van der Waals surface area contributed by atoms with Gasteiger partial charge >= 0.3 is 5.97 Å². The molecule has 0 rings (SSSR count). The highest BCUT2D eigenvalue weighted by atomic mass is 35.5. The molecule has 38 heavy (non-hydrogen) atoms. The van der Waals surface area contributed by atoms with E-state index >= 15 is 0 Å². The zero-order chi connectivity index (χ0) is 27.6. The fourth-order valence-electron chi connectivity index (χ4n) is 5.32. The van der Waals surface area contributed by atoms with E-state index in [1.807, 2.05) is 0 Å². The molecule has 0 aromatic rings. The molecule has 0 aromatic carbocycles. The minimum Gasteiger partial charge on any atom is -1.00 e. The SMILES string of the molecule is C=C(C)C(=O)OC(CCCCCCCCCC)C[N+](C)(C)CCCCCCCCCCCCCCCC.[Cl-]. The van der Waals surface area contributed by atoms with Crippen LogP contribution in [-0.4, -0.2) is 43.7 Å². The second kappa shape index (κ2) is 28.0. The number of halogens is 1. The van der Waals surface area contributed by atoms with Gasteiger partial charge in [0.25, 0.3) is 0 Å². The standard InChI is InChI=1S/C34H68NO2.ClH/c1-7-9-11-13-15-17-18-19-20-21-22-24-26-28-30-35(5,6)31-33(37-34(36)32(3)4)29-27-25-23-16-14-12-10-8-2;/h33H,3,7-31H2,1-2,4-6H3;1H/q+1;/p-1. The van der Waals surface area contributed by atoms with Crippen LogP contribution >= 0.6 is 0 Å². The molecule has 1 atom stereocenters. The lowest BCUT2D eigenvalue weighted by Crippen LogP contribution is -3.00. The average molecular weight is 558 g/mol. The summed E-state index contributed by atoms with van der Waals surface area (Å²) in [6.07, 6.45) is 31.0. The predicted octanol–water partition coefficient (Wildman–Crippen LogP) is 7.57. The molecule has 0 aliphatic rings. The number of nitrogens with zero attached hydrogens (tertiary/aromatic N) is 1. The molecule has 0 spiro atoms. The smallest absolute Gasteiger partial charge is 0.333 e. The highest BCUT2D eigenvalue weighted by molar-refractivity contribution is 5.87. The zero-order valence-corrected chi connectivity index (χ0v) is 27.4. The second-order valence-corrected chi connectivity index (χ2v) is 12.5. The van der Waals surface area contributed by atoms with E-state index in [0.717, 1.165) is 30.4 Å². The first-order valence-electron chi connectivity index (χ1n) is 16.5. The van der Waals surface area contributed by atoms with Crippen LogP contribution < -0.4 is 12.4 Å². The van der Waals surface area contributed by atoms with E-state index in [1.54, 1.807) is 6.92 Å². The lowest BCUT2D eigenvalue weighted by atomic mass is 10.0. The van der Waals surface area contributed by atoms with Crippen molar-refractivity contribution in [3.05, 3.63) is 12.2 Å². The summed E-state index contributed by atoms with van der Waals surface area (Å²) >= 11 is 0. The van der Waals surface area contributed by atoms with Gasteiger partial charge in [-0.1, -0.05) is 142 Å². The van der Waals surface area contributed by atoms with Crippen LogP contribution in [0.4, 0.5) is 0 Å². The van der Waals surface area contributed by atoms with E-state index in [2.05, 4.69) is 34.5 Å². The Morgan fingerprint density at radius 1 is 0.632 bits per heavy atom. The van der Waals surface area contributed by atoms with Crippen LogP contribution in [-0.2, 0) is 9.53 Å². The highest BCUT2D eigenvalue weighted by Gasteiger charge is 2.25. The van der Waals surface area contributed by atoms with Gasteiger partial charge in [0.2, 0.25) is 0 Å². The quantitative estimate of drug-likeness (QED) is 0.0429. The topological polar surface area (TPSA) is 26.3 Å². The molecular weight excluding hydrogens is 490 g/mol. The maximum absolute atomic E-state index is 12.2. The Morgan fingerprint density at radius 3 is 1.34 bits per heavy atom. The maximum Gasteiger partial charge on any atom is 0.333 e. The van der Waals surface area contributed by atoms with Crippen molar-refractivity contribution in [2.24, 2.45) is 0 Å². The third-order valence-corrected chi connectivity index (χ3v) is 7.82. The van der Waals surface area contributed by atoms with Crippen molar-refractivity contribution in [3.63, 3.8) is 0 Å². The van der Waals surface area contributed by atoms with Crippen molar-refractivity contribution < 1.29 is 26.4 Å². The summed E-state index contributed by atoms with van der Waals surface area (Å²) in [6.45, 7) is 12.2. The summed E-state index contributed by atoms with van der Waals surface area (Å²) in [5.41, 5.74) is 0.512. The minimum atomic E-state index is -0.221. The Balaban J connectivity index is 0. The van der Waals surface area contributed by atoms with Crippen molar-refractivity contribution in [2.45, 2.75) is 175 Å². The first kappa shape index (κ1) is 39.6. The van der Waals surface area contributed by atoms with Crippen LogP contribution in [0, 0.1) is 0 Å². The molecule has 0 aliphatic heterocycles. The van der Waals surface area contributed by atoms with Crippen LogP contribution in [0.1, 0.15) is 168 Å². The van der Waals surface area contributed by atoms with E-state index in [1.165, 1.54) is 135 Å². The van der Waals surface area contributed by atoms with E-state index < -0.39 is 0 Å². The molecule has 0 saturated carbocycles. The molecule has 4 heteroatoms. The number of esters is 1. The van der Waals surface area contributed by atoms with Gasteiger partial charge in [0, 0.05) is 5.57 Å². The summed E-state index contributed by atoms with van der Waals surface area (Å²) in [6, 6.07) is 0. The molecule has 0 N–H and O–H groups in total. The van der Waals surface area contributed by atoms with Crippen molar-refractivity contribution in [1.29, 1.82) is 0 Å². The first-order chi connectivity index (χ1) is 17.8. The molecule has 0 amide bonds. The van der Waals surface area contributed by atoms with E-state index in [0.29, 0.717) is 5.57 Å². The number of ether oxygens (including phenoxy) is 1. The normalized spacial score (nSPS) is 12.2. The van der Waals surface area contributed by atoms with Gasteiger partial charge in [0.05, 0.1) is 20.6 Å². The van der Waals surface area contributed by atoms with Crippen molar-refractivity contribution >= 4 is 5.97 Å². The lowest BCUT2D eigenvalue weighted by Gasteiger charge is -2.33. The molecule has 0 radical (unpaired) electrons. The van der Waals surface area contributed by atoms with Gasteiger partial charge in [-0.05, 0) is 32.6 Å². The number of carbonyl (C=O) groups is 1. The largest absolute Gasteiger partial charge is 1.00 e. The zero-order valence-electron chi connectivity index (χ0n) is 26.6. The van der Waals surface area contributed by atoms with Crippen LogP contribution in [0.2, 0.25) is 0 Å². The number of unbranched alkanes of at least 4 members (excludes halogenated alkanes) is 20. The molecular formula is C34H68ClNO2. The fraction of sp³-hybridized carbons (Fsp3) is 0.912. The molecule has 0 aliphatic carbocycles. The van der Waals surface area contributed by atoms with Gasteiger partial charge in [-0.3, -0.25) is 0 Å². The predicted molar refractivity (Wildman–Crippen MR) is 164 cm³/mol. The molecule has 0 saturated heterocycles. The van der Waals surface area contributed by atoms with E-state index in [-0.39, 0.29) is 24.5 Å². The summed E-state index contributed by atoms with van der Waals surface area (Å²) in [7, 11) is 4.61. The average Bonchev–Trinajstić information content (AvgIpc) is 2.85. The van der Waals surface area contributed by atoms with Crippen molar-refractivity contribution in [3.8, 4) is 0 Å². The maximum atomic E-state index is 12.2. The number of hydrogen-bond acceptors (Lipinski definition) is 2. The molecule has 1 unspecified atom stereocenters. The number of carbonyl (C=O) groups excluding carboxylic acids is 1. The molecule has 228 valence electrons. The van der Waals surface area contributed by atoms with Crippen LogP contribution in [0.25, 0.3) is 0 Å². The van der Waals surface area contributed by atoms with Crippen LogP contribution in [0.15, 0.2) is 12.2 Å². The third kappa shape index (κ3) is 27.0. The van der Waals surface area contributed by atoms with Crippen molar-refractivity contribution in [1.82, 2.24) is 0 Å². The summed E-state index contributed by atoms with van der Waals surface area (Å²) < 4.78 is 6.81. The van der Waals surface area contributed by atoms with Gasteiger partial charge in [-0.2, -0.15) is 0 Å². The van der Waals surface area contributed by atoms with Gasteiger partial charge in [-0.15, -0.1) is 0 Å². The number of likely N-dealkylation sites (N-methyl/N-ethyl adjacent to an activating group) is 1. The lowest BCUT2D eigenvalue weighted by molar-refractivity contribution is -0.893. The summed E-state index contributed by atoms with van der Waals surface area (Å²) in [5, 5.41) is 0. The third-order valence-electron chi connectivity index (χ3n) is 7.82. The minimum absolute atomic E-state index is 0. The van der Waals surface area contributed by atoms with Crippen LogP contribution in [0.5, 0.6) is 0 Å². The van der Waals surface area contributed by atoms with E-state index in [4.69, 9.17) is 4.74 Å². The molecule has 0 heterocycles. The van der Waals surface area contributed by atoms with Gasteiger partial charge in [-0.25, -0.2) is 4.79 Å². The molecule has 0 fully saturated rings. The van der Waals surface area contributed by atoms with E-state index in [9.17, 15) is 4.79 Å². The first-order valence-corrected chi connectivity index (χ1v) is 16.5. The monoisotopic (exact) mass is 557 g/mol. The molecule has 3 nitrogen and oxygen atoms in total. The molecule has 0 bridgehead atoms. The number of quaternary nitrogens is 1. The van der Waals surface area contributed by atoms with Crippen molar-refractivity contribution in [2.75, 3.05) is 27.2 Å². The Morgan fingerprint density at radius 2 is 0.974 bits per heavy atom. The Bertz CT molecular complexity index is 535.